The zero-order chi connectivity index (χ0) is 28.1. The molecule has 40 heavy (non-hydrogen) atoms. The molecule has 0 unspecified atom stereocenters. The first-order valence-corrected chi connectivity index (χ1v) is 14.8. The maximum absolute atomic E-state index is 12.8. The summed E-state index contributed by atoms with van der Waals surface area (Å²) in [5.41, 5.74) is 2.16. The molecule has 1 aromatic heterocycles. The summed E-state index contributed by atoms with van der Waals surface area (Å²) in [7, 11) is 0. The second-order valence-corrected chi connectivity index (χ2v) is 11.7. The number of carbonyl (C=O) groups is 2. The lowest BCUT2D eigenvalue weighted by molar-refractivity contribution is -0.137. The summed E-state index contributed by atoms with van der Waals surface area (Å²) in [6, 6.07) is 5.58. The van der Waals surface area contributed by atoms with Crippen molar-refractivity contribution in [3.63, 3.8) is 0 Å². The summed E-state index contributed by atoms with van der Waals surface area (Å²) < 4.78 is 6.24. The molecule has 1 aromatic carbocycles. The van der Waals surface area contributed by atoms with Crippen LogP contribution in [0.25, 0.3) is 6.08 Å². The lowest BCUT2D eigenvalue weighted by atomic mass is 10.0. The number of ether oxygens (including phenoxy) is 1. The molecule has 1 saturated carbocycles. The molecule has 0 bridgehead atoms. The second-order valence-electron chi connectivity index (χ2n) is 11.3. The van der Waals surface area contributed by atoms with Gasteiger partial charge in [-0.25, -0.2) is 9.97 Å². The molecular formula is C30H39ClN6O3. The van der Waals surface area contributed by atoms with Crippen LogP contribution in [0.5, 0.6) is 5.75 Å². The highest BCUT2D eigenvalue weighted by Gasteiger charge is 2.30. The van der Waals surface area contributed by atoms with Gasteiger partial charge in [-0.3, -0.25) is 9.59 Å². The Morgan fingerprint density at radius 1 is 1.15 bits per heavy atom. The van der Waals surface area contributed by atoms with Crippen LogP contribution in [0.2, 0.25) is 5.02 Å². The van der Waals surface area contributed by atoms with Gasteiger partial charge in [0, 0.05) is 56.2 Å². The fourth-order valence-corrected chi connectivity index (χ4v) is 5.76. The van der Waals surface area contributed by atoms with Crippen molar-refractivity contribution in [1.29, 1.82) is 0 Å². The number of piperidine rings is 1. The van der Waals surface area contributed by atoms with Crippen LogP contribution in [0.1, 0.15) is 64.4 Å². The molecule has 2 amide bonds. The third-order valence-corrected chi connectivity index (χ3v) is 8.09. The molecule has 0 spiro atoms. The van der Waals surface area contributed by atoms with Crippen LogP contribution >= 0.6 is 11.6 Å². The van der Waals surface area contributed by atoms with Crippen LogP contribution in [0, 0.1) is 11.8 Å². The molecule has 214 valence electrons. The van der Waals surface area contributed by atoms with Gasteiger partial charge >= 0.3 is 0 Å². The molecule has 1 saturated heterocycles. The van der Waals surface area contributed by atoms with E-state index in [0.717, 1.165) is 50.0 Å². The first-order chi connectivity index (χ1) is 19.4. The van der Waals surface area contributed by atoms with Gasteiger partial charge in [0.05, 0.1) is 10.6 Å². The number of carbonyl (C=O) groups excluding carboxylic acids is 2. The zero-order valence-corrected chi connectivity index (χ0v) is 24.1. The minimum atomic E-state index is -0.0727. The molecule has 9 nitrogen and oxygen atoms in total. The van der Waals surface area contributed by atoms with Crippen LogP contribution < -0.4 is 20.7 Å². The van der Waals surface area contributed by atoms with Gasteiger partial charge in [-0.1, -0.05) is 38.3 Å². The predicted octanol–water partition coefficient (Wildman–Crippen LogP) is 5.40. The zero-order valence-electron chi connectivity index (χ0n) is 23.3. The fraction of sp³-hybridized carbons (Fsp3) is 0.533. The number of hydrogen-bond acceptors (Lipinski definition) is 7. The Morgan fingerprint density at radius 2 is 1.93 bits per heavy atom. The average Bonchev–Trinajstić information content (AvgIpc) is 3.40. The average molecular weight is 567 g/mol. The highest BCUT2D eigenvalue weighted by atomic mass is 35.5. The van der Waals surface area contributed by atoms with E-state index in [2.05, 4.69) is 39.8 Å². The summed E-state index contributed by atoms with van der Waals surface area (Å²) >= 11 is 6.64. The molecule has 2 fully saturated rings. The van der Waals surface area contributed by atoms with Crippen molar-refractivity contribution in [3.8, 4) is 5.75 Å². The first kappa shape index (κ1) is 28.2. The predicted molar refractivity (Wildman–Crippen MR) is 158 cm³/mol. The SMILES string of the molecule is CC(C)CNC(=O)C1=Cc2c(ncnc2Nc2ccc(OC3CCN(C(=O)C4CCCC4)CC3)c(Cl)c2)NCC1. The largest absolute Gasteiger partial charge is 0.489 e. The lowest BCUT2D eigenvalue weighted by Crippen LogP contribution is -2.44. The van der Waals surface area contributed by atoms with E-state index in [1.165, 1.54) is 19.2 Å². The Morgan fingerprint density at radius 3 is 2.65 bits per heavy atom. The van der Waals surface area contributed by atoms with Gasteiger partial charge in [-0.15, -0.1) is 0 Å². The third-order valence-electron chi connectivity index (χ3n) is 7.80. The van der Waals surface area contributed by atoms with Crippen molar-refractivity contribution in [2.75, 3.05) is 36.8 Å². The topological polar surface area (TPSA) is 108 Å². The minimum absolute atomic E-state index is 0.0260. The van der Waals surface area contributed by atoms with Crippen molar-refractivity contribution in [3.05, 3.63) is 40.7 Å². The number of amides is 2. The van der Waals surface area contributed by atoms with Crippen molar-refractivity contribution >= 4 is 46.8 Å². The van der Waals surface area contributed by atoms with Gasteiger partial charge in [0.2, 0.25) is 11.8 Å². The Balaban J connectivity index is 1.23. The maximum atomic E-state index is 12.8. The van der Waals surface area contributed by atoms with E-state index in [1.54, 1.807) is 0 Å². The van der Waals surface area contributed by atoms with Crippen LogP contribution in [0.15, 0.2) is 30.1 Å². The number of nitrogens with zero attached hydrogens (tertiary/aromatic N) is 3. The van der Waals surface area contributed by atoms with Crippen molar-refractivity contribution < 1.29 is 14.3 Å². The number of aromatic nitrogens is 2. The number of fused-ring (bicyclic) bond motifs is 1. The Labute approximate surface area is 241 Å². The highest BCUT2D eigenvalue weighted by Crippen LogP contribution is 2.34. The van der Waals surface area contributed by atoms with Gasteiger partial charge in [-0.05, 0) is 49.5 Å². The van der Waals surface area contributed by atoms with Crippen molar-refractivity contribution in [2.45, 2.75) is 64.9 Å². The molecule has 10 heteroatoms. The Kier molecular flexibility index (Phi) is 9.09. The quantitative estimate of drug-likeness (QED) is 0.392. The standard InChI is InChI=1S/C30H39ClN6O3/c1-19(2)17-33-29(38)21-9-12-32-27-24(15-21)28(35-18-34-27)36-22-7-8-26(25(31)16-22)40-23-10-13-37(14-11-23)30(39)20-5-3-4-6-20/h7-8,15-16,18-20,23H,3-6,9-14,17H2,1-2H3,(H,33,38)(H2,32,34,35,36). The normalized spacial score (nSPS) is 18.0. The summed E-state index contributed by atoms with van der Waals surface area (Å²) in [5.74, 6) is 2.72. The van der Waals surface area contributed by atoms with E-state index in [4.69, 9.17) is 16.3 Å². The molecule has 0 atom stereocenters. The Hall–Kier alpha value is -3.33. The highest BCUT2D eigenvalue weighted by molar-refractivity contribution is 6.32. The summed E-state index contributed by atoms with van der Waals surface area (Å²) in [6.45, 7) is 6.83. The van der Waals surface area contributed by atoms with Crippen molar-refractivity contribution in [2.24, 2.45) is 11.8 Å². The molecule has 0 radical (unpaired) electrons. The molecule has 3 aliphatic rings. The van der Waals surface area contributed by atoms with Gasteiger partial charge in [-0.2, -0.15) is 0 Å². The number of anilines is 3. The second kappa shape index (κ2) is 12.9. The van der Waals surface area contributed by atoms with E-state index in [0.29, 0.717) is 59.3 Å². The molecule has 1 aliphatic carbocycles. The van der Waals surface area contributed by atoms with Crippen LogP contribution in [0.4, 0.5) is 17.3 Å². The smallest absolute Gasteiger partial charge is 0.247 e. The molecular weight excluding hydrogens is 528 g/mol. The Bertz CT molecular complexity index is 1250. The number of hydrogen-bond donors (Lipinski definition) is 3. The summed E-state index contributed by atoms with van der Waals surface area (Å²) in [6.07, 6.45) is 9.97. The first-order valence-electron chi connectivity index (χ1n) is 14.5. The van der Waals surface area contributed by atoms with E-state index in [1.807, 2.05) is 29.2 Å². The van der Waals surface area contributed by atoms with E-state index >= 15 is 0 Å². The molecule has 3 heterocycles. The molecule has 3 N–H and O–H groups in total. The minimum Gasteiger partial charge on any atom is -0.489 e. The third kappa shape index (κ3) is 6.86. The number of rotatable bonds is 8. The number of nitrogens with one attached hydrogen (secondary N) is 3. The van der Waals surface area contributed by atoms with Gasteiger partial charge in [0.15, 0.2) is 0 Å². The van der Waals surface area contributed by atoms with E-state index in [-0.39, 0.29) is 17.9 Å². The fourth-order valence-electron chi connectivity index (χ4n) is 5.54. The van der Waals surface area contributed by atoms with Crippen LogP contribution in [0.3, 0.4) is 0 Å². The number of benzene rings is 1. The van der Waals surface area contributed by atoms with Gasteiger partial charge < -0.3 is 25.6 Å². The molecule has 2 aliphatic heterocycles. The van der Waals surface area contributed by atoms with E-state index < -0.39 is 0 Å². The lowest BCUT2D eigenvalue weighted by Gasteiger charge is -2.33. The van der Waals surface area contributed by atoms with Crippen LogP contribution in [-0.4, -0.2) is 59.0 Å². The molecule has 2 aromatic rings. The summed E-state index contributed by atoms with van der Waals surface area (Å²) in [5, 5.41) is 10.1. The van der Waals surface area contributed by atoms with Gasteiger partial charge in [0.25, 0.3) is 0 Å². The van der Waals surface area contributed by atoms with Gasteiger partial charge in [0.1, 0.15) is 29.8 Å². The van der Waals surface area contributed by atoms with E-state index in [9.17, 15) is 9.59 Å². The monoisotopic (exact) mass is 566 g/mol. The van der Waals surface area contributed by atoms with Crippen molar-refractivity contribution in [1.82, 2.24) is 20.2 Å². The summed E-state index contributed by atoms with van der Waals surface area (Å²) in [4.78, 5) is 36.3. The van der Waals surface area contributed by atoms with Crippen LogP contribution in [-0.2, 0) is 9.59 Å². The maximum Gasteiger partial charge on any atom is 0.247 e. The molecule has 5 rings (SSSR count). The number of halogens is 1. The number of likely N-dealkylation sites (tertiary alicyclic amines) is 1.